The van der Waals surface area contributed by atoms with Crippen LogP contribution >= 0.6 is 11.8 Å². The Bertz CT molecular complexity index is 298. The van der Waals surface area contributed by atoms with Crippen molar-refractivity contribution in [3.05, 3.63) is 0 Å². The van der Waals surface area contributed by atoms with Crippen molar-refractivity contribution in [1.29, 1.82) is 0 Å². The standard InChI is InChI=1S/C14H28N2O2S/c1-10(17)6-14(4,5)9-15-13(18)16-7-11(2)19-12(3)8-16/h10-12,17H,6-9H2,1-5H3,(H,15,18). The molecule has 19 heavy (non-hydrogen) atoms. The predicted molar refractivity (Wildman–Crippen MR) is 81.6 cm³/mol. The number of aliphatic hydroxyl groups is 1. The van der Waals surface area contributed by atoms with Gasteiger partial charge in [-0.15, -0.1) is 0 Å². The number of nitrogens with one attached hydrogen (secondary N) is 1. The summed E-state index contributed by atoms with van der Waals surface area (Å²) in [6.45, 7) is 12.5. The first kappa shape index (κ1) is 16.6. The summed E-state index contributed by atoms with van der Waals surface area (Å²) >= 11 is 1.94. The number of amides is 2. The molecule has 4 nitrogen and oxygen atoms in total. The summed E-state index contributed by atoms with van der Waals surface area (Å²) in [5.74, 6) is 0. The summed E-state index contributed by atoms with van der Waals surface area (Å²) in [6.07, 6.45) is 0.356. The van der Waals surface area contributed by atoms with Crippen LogP contribution in [0.1, 0.15) is 41.0 Å². The van der Waals surface area contributed by atoms with Crippen molar-refractivity contribution in [2.75, 3.05) is 19.6 Å². The minimum absolute atomic E-state index is 0.0256. The third-order valence-corrected chi connectivity index (χ3v) is 4.50. The van der Waals surface area contributed by atoms with Gasteiger partial charge in [0.2, 0.25) is 0 Å². The van der Waals surface area contributed by atoms with Crippen LogP contribution in [0.3, 0.4) is 0 Å². The maximum absolute atomic E-state index is 12.2. The van der Waals surface area contributed by atoms with Crippen LogP contribution in [0.4, 0.5) is 4.79 Å². The number of hydrogen-bond donors (Lipinski definition) is 2. The van der Waals surface area contributed by atoms with Gasteiger partial charge in [0.15, 0.2) is 0 Å². The molecule has 0 aromatic heterocycles. The van der Waals surface area contributed by atoms with E-state index < -0.39 is 0 Å². The molecular weight excluding hydrogens is 260 g/mol. The molecule has 1 aliphatic rings. The fraction of sp³-hybridized carbons (Fsp3) is 0.929. The van der Waals surface area contributed by atoms with Crippen molar-refractivity contribution in [1.82, 2.24) is 10.2 Å². The Hall–Kier alpha value is -0.420. The van der Waals surface area contributed by atoms with Crippen molar-refractivity contribution < 1.29 is 9.90 Å². The van der Waals surface area contributed by atoms with Crippen LogP contribution in [-0.4, -0.2) is 52.3 Å². The van der Waals surface area contributed by atoms with Crippen molar-refractivity contribution in [3.8, 4) is 0 Å². The summed E-state index contributed by atoms with van der Waals surface area (Å²) in [7, 11) is 0. The lowest BCUT2D eigenvalue weighted by atomic mass is 9.87. The SMILES string of the molecule is CC(O)CC(C)(C)CNC(=O)N1CC(C)SC(C)C1. The Morgan fingerprint density at radius 3 is 2.42 bits per heavy atom. The first-order valence-corrected chi connectivity index (χ1v) is 8.00. The van der Waals surface area contributed by atoms with Crippen molar-refractivity contribution in [2.45, 2.75) is 57.6 Å². The van der Waals surface area contributed by atoms with Crippen molar-refractivity contribution in [2.24, 2.45) is 5.41 Å². The Morgan fingerprint density at radius 1 is 1.42 bits per heavy atom. The zero-order valence-corrected chi connectivity index (χ0v) is 13.6. The van der Waals surface area contributed by atoms with E-state index >= 15 is 0 Å². The van der Waals surface area contributed by atoms with Crippen molar-refractivity contribution in [3.63, 3.8) is 0 Å². The molecule has 1 heterocycles. The lowest BCUT2D eigenvalue weighted by molar-refractivity contribution is 0.126. The molecule has 0 saturated carbocycles. The molecule has 112 valence electrons. The monoisotopic (exact) mass is 288 g/mol. The highest BCUT2D eigenvalue weighted by molar-refractivity contribution is 8.00. The topological polar surface area (TPSA) is 52.6 Å². The highest BCUT2D eigenvalue weighted by Crippen LogP contribution is 2.25. The maximum atomic E-state index is 12.2. The summed E-state index contributed by atoms with van der Waals surface area (Å²) < 4.78 is 0. The van der Waals surface area contributed by atoms with E-state index in [9.17, 15) is 9.90 Å². The van der Waals surface area contributed by atoms with E-state index in [0.717, 1.165) is 13.1 Å². The lowest BCUT2D eigenvalue weighted by Gasteiger charge is -2.35. The Kier molecular flexibility index (Phi) is 5.99. The fourth-order valence-electron chi connectivity index (χ4n) is 2.64. The zero-order chi connectivity index (χ0) is 14.6. The second kappa shape index (κ2) is 6.84. The number of nitrogens with zero attached hydrogens (tertiary/aromatic N) is 1. The summed E-state index contributed by atoms with van der Waals surface area (Å²) in [6, 6.07) is 0.0256. The van der Waals surface area contributed by atoms with E-state index in [2.05, 4.69) is 33.0 Å². The van der Waals surface area contributed by atoms with Gasteiger partial charge in [0.1, 0.15) is 0 Å². The number of carbonyl (C=O) groups excluding carboxylic acids is 1. The average Bonchev–Trinajstić information content (AvgIpc) is 2.22. The van der Waals surface area contributed by atoms with E-state index in [1.54, 1.807) is 6.92 Å². The first-order chi connectivity index (χ1) is 8.69. The maximum Gasteiger partial charge on any atom is 0.317 e. The quantitative estimate of drug-likeness (QED) is 0.835. The number of urea groups is 1. The smallest absolute Gasteiger partial charge is 0.317 e. The van der Waals surface area contributed by atoms with E-state index in [1.807, 2.05) is 16.7 Å². The molecule has 0 bridgehead atoms. The van der Waals surface area contributed by atoms with E-state index in [0.29, 0.717) is 23.5 Å². The van der Waals surface area contributed by atoms with Gasteiger partial charge in [-0.2, -0.15) is 11.8 Å². The second-order valence-corrected chi connectivity index (χ2v) is 8.42. The molecule has 0 aromatic rings. The molecule has 3 atom stereocenters. The van der Waals surface area contributed by atoms with E-state index in [-0.39, 0.29) is 17.6 Å². The van der Waals surface area contributed by atoms with Gasteiger partial charge in [0.05, 0.1) is 6.10 Å². The van der Waals surface area contributed by atoms with E-state index in [4.69, 9.17) is 0 Å². The van der Waals surface area contributed by atoms with Gasteiger partial charge in [-0.25, -0.2) is 4.79 Å². The largest absolute Gasteiger partial charge is 0.393 e. The Labute approximate surface area is 121 Å². The van der Waals surface area contributed by atoms with Gasteiger partial charge in [-0.05, 0) is 18.8 Å². The fourth-order valence-corrected chi connectivity index (χ4v) is 3.97. The molecule has 1 fully saturated rings. The summed E-state index contributed by atoms with van der Waals surface area (Å²) in [5.41, 5.74) is -0.0778. The Balaban J connectivity index is 2.42. The molecule has 0 aromatic carbocycles. The van der Waals surface area contributed by atoms with Crippen LogP contribution in [0.2, 0.25) is 0 Å². The molecule has 2 amide bonds. The van der Waals surface area contributed by atoms with Gasteiger partial charge < -0.3 is 15.3 Å². The number of thioether (sulfide) groups is 1. The van der Waals surface area contributed by atoms with Crippen LogP contribution in [-0.2, 0) is 0 Å². The number of carbonyl (C=O) groups is 1. The number of hydrogen-bond acceptors (Lipinski definition) is 3. The van der Waals surface area contributed by atoms with Gasteiger partial charge in [-0.3, -0.25) is 0 Å². The number of aliphatic hydroxyl groups excluding tert-OH is 1. The van der Waals surface area contributed by atoms with Crippen LogP contribution in [0, 0.1) is 5.41 Å². The van der Waals surface area contributed by atoms with E-state index in [1.165, 1.54) is 0 Å². The van der Waals surface area contributed by atoms with Gasteiger partial charge in [0.25, 0.3) is 0 Å². The van der Waals surface area contributed by atoms with Gasteiger partial charge in [0, 0.05) is 30.1 Å². The molecule has 0 radical (unpaired) electrons. The molecular formula is C14H28N2O2S. The van der Waals surface area contributed by atoms with Crippen LogP contribution in [0.15, 0.2) is 0 Å². The molecule has 1 saturated heterocycles. The lowest BCUT2D eigenvalue weighted by Crippen LogP contribution is -2.50. The van der Waals surface area contributed by atoms with Gasteiger partial charge in [-0.1, -0.05) is 27.7 Å². The average molecular weight is 288 g/mol. The number of rotatable bonds is 4. The minimum Gasteiger partial charge on any atom is -0.393 e. The molecule has 3 unspecified atom stereocenters. The first-order valence-electron chi connectivity index (χ1n) is 7.06. The molecule has 2 N–H and O–H groups in total. The molecule has 1 rings (SSSR count). The molecule has 1 aliphatic heterocycles. The second-order valence-electron chi connectivity index (χ2n) is 6.54. The highest BCUT2D eigenvalue weighted by Gasteiger charge is 2.27. The summed E-state index contributed by atoms with van der Waals surface area (Å²) in [5, 5.41) is 13.5. The summed E-state index contributed by atoms with van der Waals surface area (Å²) in [4.78, 5) is 14.1. The highest BCUT2D eigenvalue weighted by atomic mass is 32.2. The molecule has 0 spiro atoms. The minimum atomic E-state index is -0.335. The van der Waals surface area contributed by atoms with Crippen molar-refractivity contribution >= 4 is 17.8 Å². The van der Waals surface area contributed by atoms with Gasteiger partial charge >= 0.3 is 6.03 Å². The van der Waals surface area contributed by atoms with Crippen LogP contribution in [0.5, 0.6) is 0 Å². The predicted octanol–water partition coefficient (Wildman–Crippen LogP) is 2.32. The normalized spacial score (nSPS) is 26.1. The molecule has 5 heteroatoms. The van der Waals surface area contributed by atoms with Crippen LogP contribution < -0.4 is 5.32 Å². The molecule has 0 aliphatic carbocycles. The van der Waals surface area contributed by atoms with Crippen LogP contribution in [0.25, 0.3) is 0 Å². The third kappa shape index (κ3) is 6.04. The zero-order valence-electron chi connectivity index (χ0n) is 12.8. The third-order valence-electron chi connectivity index (χ3n) is 3.27. The Morgan fingerprint density at radius 2 is 1.95 bits per heavy atom.